The Kier molecular flexibility index (Phi) is 9.12. The van der Waals surface area contributed by atoms with E-state index in [1.54, 1.807) is 33.3 Å². The van der Waals surface area contributed by atoms with Gasteiger partial charge in [0.15, 0.2) is 0 Å². The molecule has 148 valence electrons. The van der Waals surface area contributed by atoms with Crippen molar-refractivity contribution in [3.8, 4) is 0 Å². The number of likely N-dealkylation sites (tertiary alicyclic amines) is 1. The van der Waals surface area contributed by atoms with Crippen LogP contribution in [0, 0.1) is 0 Å². The Morgan fingerprint density at radius 1 is 1.42 bits per heavy atom. The molecule has 3 amide bonds. The van der Waals surface area contributed by atoms with Crippen molar-refractivity contribution >= 4 is 51.1 Å². The molecule has 6 nitrogen and oxygen atoms in total. The number of imide groups is 1. The molecule has 2 aliphatic rings. The van der Waals surface area contributed by atoms with Gasteiger partial charge in [-0.05, 0) is 12.8 Å². The first-order valence-corrected chi connectivity index (χ1v) is 12.7. The summed E-state index contributed by atoms with van der Waals surface area (Å²) in [6.45, 7) is 4.19. The zero-order chi connectivity index (χ0) is 19.1. The van der Waals surface area contributed by atoms with Gasteiger partial charge in [-0.25, -0.2) is 0 Å². The molecule has 2 saturated heterocycles. The van der Waals surface area contributed by atoms with Crippen LogP contribution < -0.4 is 11.1 Å². The molecule has 0 aromatic heterocycles. The SMILES string of the molecule is CCCCC(C)SC1CC(=O)N([C@@H](CN)C(=O)N[C@H]2CCSSC2)C1=O. The van der Waals surface area contributed by atoms with E-state index in [2.05, 4.69) is 19.2 Å². The molecule has 26 heavy (non-hydrogen) atoms. The lowest BCUT2D eigenvalue weighted by Crippen LogP contribution is -2.55. The van der Waals surface area contributed by atoms with Crippen LogP contribution in [0.2, 0.25) is 0 Å². The van der Waals surface area contributed by atoms with Gasteiger partial charge in [-0.15, -0.1) is 11.8 Å². The van der Waals surface area contributed by atoms with Crippen molar-refractivity contribution in [1.29, 1.82) is 0 Å². The van der Waals surface area contributed by atoms with E-state index in [-0.39, 0.29) is 36.7 Å². The summed E-state index contributed by atoms with van der Waals surface area (Å²) in [6, 6.07) is -0.819. The van der Waals surface area contributed by atoms with E-state index in [4.69, 9.17) is 5.73 Å². The van der Waals surface area contributed by atoms with E-state index in [9.17, 15) is 14.4 Å². The Hall–Kier alpha value is -0.380. The second-order valence-corrected chi connectivity index (χ2v) is 11.0. The third kappa shape index (κ3) is 5.81. The van der Waals surface area contributed by atoms with Gasteiger partial charge < -0.3 is 11.1 Å². The molecule has 0 bridgehead atoms. The van der Waals surface area contributed by atoms with Crippen LogP contribution in [0.4, 0.5) is 0 Å². The second kappa shape index (κ2) is 10.8. The first kappa shape index (κ1) is 21.9. The Bertz CT molecular complexity index is 515. The van der Waals surface area contributed by atoms with E-state index >= 15 is 0 Å². The molecular formula is C17H29N3O3S3. The summed E-state index contributed by atoms with van der Waals surface area (Å²) in [5.41, 5.74) is 5.77. The minimum absolute atomic E-state index is 0.0410. The van der Waals surface area contributed by atoms with Gasteiger partial charge in [-0.1, -0.05) is 48.3 Å². The number of amides is 3. The molecule has 0 aromatic carbocycles. The van der Waals surface area contributed by atoms with Crippen LogP contribution in [0.25, 0.3) is 0 Å². The minimum atomic E-state index is -0.897. The summed E-state index contributed by atoms with van der Waals surface area (Å²) in [4.78, 5) is 38.9. The normalized spacial score (nSPS) is 26.0. The van der Waals surface area contributed by atoms with Crippen molar-refractivity contribution in [2.75, 3.05) is 18.1 Å². The van der Waals surface area contributed by atoms with Crippen LogP contribution in [0.5, 0.6) is 0 Å². The highest BCUT2D eigenvalue weighted by molar-refractivity contribution is 8.76. The summed E-state index contributed by atoms with van der Waals surface area (Å²) in [5.74, 6) is 0.968. The number of thioether (sulfide) groups is 1. The van der Waals surface area contributed by atoms with Gasteiger partial charge in [-0.3, -0.25) is 19.3 Å². The highest BCUT2D eigenvalue weighted by Gasteiger charge is 2.45. The van der Waals surface area contributed by atoms with E-state index < -0.39 is 11.3 Å². The Morgan fingerprint density at radius 2 is 2.19 bits per heavy atom. The van der Waals surface area contributed by atoms with Crippen molar-refractivity contribution < 1.29 is 14.4 Å². The summed E-state index contributed by atoms with van der Waals surface area (Å²) < 4.78 is 0. The maximum atomic E-state index is 12.8. The number of rotatable bonds is 9. The zero-order valence-electron chi connectivity index (χ0n) is 15.4. The Balaban J connectivity index is 1.96. The molecule has 9 heteroatoms. The van der Waals surface area contributed by atoms with Crippen molar-refractivity contribution in [2.45, 2.75) is 68.5 Å². The molecule has 0 spiro atoms. The summed E-state index contributed by atoms with van der Waals surface area (Å²) in [5, 5.41) is 2.89. The first-order valence-electron chi connectivity index (χ1n) is 9.24. The third-order valence-corrected chi connectivity index (χ3v) is 8.50. The lowest BCUT2D eigenvalue weighted by Gasteiger charge is -2.28. The van der Waals surface area contributed by atoms with Crippen LogP contribution in [-0.2, 0) is 14.4 Å². The molecule has 3 N–H and O–H groups in total. The molecule has 4 atom stereocenters. The number of nitrogens with two attached hydrogens (primary N) is 1. The highest BCUT2D eigenvalue weighted by atomic mass is 33.1. The summed E-state index contributed by atoms with van der Waals surface area (Å²) in [6.07, 6.45) is 4.31. The molecule has 0 aliphatic carbocycles. The Labute approximate surface area is 167 Å². The maximum absolute atomic E-state index is 12.8. The van der Waals surface area contributed by atoms with E-state index in [1.165, 1.54) is 0 Å². The van der Waals surface area contributed by atoms with Gasteiger partial charge in [0.25, 0.3) is 0 Å². The van der Waals surface area contributed by atoms with Crippen LogP contribution in [0.15, 0.2) is 0 Å². The fraction of sp³-hybridized carbons (Fsp3) is 0.824. The van der Waals surface area contributed by atoms with E-state index in [0.29, 0.717) is 5.25 Å². The monoisotopic (exact) mass is 419 g/mol. The van der Waals surface area contributed by atoms with Gasteiger partial charge in [0.2, 0.25) is 17.7 Å². The van der Waals surface area contributed by atoms with Crippen LogP contribution in [-0.4, -0.2) is 63.3 Å². The topological polar surface area (TPSA) is 92.5 Å². The lowest BCUT2D eigenvalue weighted by atomic mass is 10.2. The van der Waals surface area contributed by atoms with Gasteiger partial charge in [-0.2, -0.15) is 0 Å². The molecule has 2 fully saturated rings. The Morgan fingerprint density at radius 3 is 2.81 bits per heavy atom. The average molecular weight is 420 g/mol. The van der Waals surface area contributed by atoms with Crippen molar-refractivity contribution in [3.63, 3.8) is 0 Å². The predicted molar refractivity (Wildman–Crippen MR) is 111 cm³/mol. The van der Waals surface area contributed by atoms with Crippen molar-refractivity contribution in [3.05, 3.63) is 0 Å². The largest absolute Gasteiger partial charge is 0.351 e. The van der Waals surface area contributed by atoms with Crippen molar-refractivity contribution in [2.24, 2.45) is 5.73 Å². The number of hydrogen-bond donors (Lipinski definition) is 2. The predicted octanol–water partition coefficient (Wildman–Crippen LogP) is 2.02. The highest BCUT2D eigenvalue weighted by Crippen LogP contribution is 2.32. The number of unbranched alkanes of at least 4 members (excludes halogenated alkanes) is 1. The number of nitrogens with one attached hydrogen (secondary N) is 1. The van der Waals surface area contributed by atoms with Gasteiger partial charge in [0.1, 0.15) is 6.04 Å². The third-order valence-electron chi connectivity index (χ3n) is 4.59. The average Bonchev–Trinajstić information content (AvgIpc) is 2.89. The quantitative estimate of drug-likeness (QED) is 0.436. The molecule has 0 radical (unpaired) electrons. The van der Waals surface area contributed by atoms with Crippen LogP contribution >= 0.6 is 33.3 Å². The smallest absolute Gasteiger partial charge is 0.244 e. The summed E-state index contributed by atoms with van der Waals surface area (Å²) >= 11 is 1.55. The fourth-order valence-electron chi connectivity index (χ4n) is 3.10. The molecule has 0 aromatic rings. The zero-order valence-corrected chi connectivity index (χ0v) is 17.9. The molecule has 2 unspecified atom stereocenters. The molecule has 2 rings (SSSR count). The number of nitrogens with zero attached hydrogens (tertiary/aromatic N) is 1. The summed E-state index contributed by atoms with van der Waals surface area (Å²) in [7, 11) is 3.53. The molecular weight excluding hydrogens is 390 g/mol. The number of carbonyl (C=O) groups is 3. The first-order chi connectivity index (χ1) is 12.5. The van der Waals surface area contributed by atoms with Crippen molar-refractivity contribution in [1.82, 2.24) is 10.2 Å². The van der Waals surface area contributed by atoms with Gasteiger partial charge in [0.05, 0.1) is 5.25 Å². The van der Waals surface area contributed by atoms with Crippen LogP contribution in [0.1, 0.15) is 46.0 Å². The number of hydrogen-bond acceptors (Lipinski definition) is 7. The molecule has 0 saturated carbocycles. The fourth-order valence-corrected chi connectivity index (χ4v) is 6.87. The number of carbonyl (C=O) groups excluding carboxylic acids is 3. The minimum Gasteiger partial charge on any atom is -0.351 e. The van der Waals surface area contributed by atoms with Gasteiger partial charge >= 0.3 is 0 Å². The molecule has 2 heterocycles. The molecule has 2 aliphatic heterocycles. The standard InChI is InChI=1S/C17H29N3O3S3/c1-3-4-5-11(2)26-14-8-15(21)20(17(14)23)13(9-18)16(22)19-12-6-7-24-25-10-12/h11-14H,3-10,18H2,1-2H3,(H,19,22)/t11?,12-,13-,14?/m0/s1. The lowest BCUT2D eigenvalue weighted by molar-refractivity contribution is -0.146. The second-order valence-electron chi connectivity index (χ2n) is 6.74. The van der Waals surface area contributed by atoms with Crippen LogP contribution in [0.3, 0.4) is 0 Å². The van der Waals surface area contributed by atoms with E-state index in [0.717, 1.165) is 42.1 Å². The maximum Gasteiger partial charge on any atom is 0.244 e. The van der Waals surface area contributed by atoms with E-state index in [1.807, 2.05) is 0 Å². The van der Waals surface area contributed by atoms with Gasteiger partial charge in [0, 0.05) is 35.8 Å².